The van der Waals surface area contributed by atoms with Gasteiger partial charge in [0.15, 0.2) is 6.17 Å². The Labute approximate surface area is 101 Å². The second kappa shape index (κ2) is 4.84. The molecule has 2 atom stereocenters. The fourth-order valence-electron chi connectivity index (χ4n) is 2.13. The summed E-state index contributed by atoms with van der Waals surface area (Å²) in [7, 11) is 0. The molecule has 0 heterocycles. The molecule has 0 fully saturated rings. The van der Waals surface area contributed by atoms with E-state index in [9.17, 15) is 9.50 Å². The first-order valence-corrected chi connectivity index (χ1v) is 5.98. The van der Waals surface area contributed by atoms with Crippen LogP contribution < -0.4 is 0 Å². The van der Waals surface area contributed by atoms with E-state index in [0.717, 1.165) is 17.6 Å². The summed E-state index contributed by atoms with van der Waals surface area (Å²) in [6.07, 6.45) is 4.77. The number of alkyl halides is 1. The van der Waals surface area contributed by atoms with Gasteiger partial charge in [0.2, 0.25) is 0 Å². The molecule has 0 aromatic heterocycles. The van der Waals surface area contributed by atoms with Gasteiger partial charge in [0.05, 0.1) is 0 Å². The Kier molecular flexibility index (Phi) is 3.43. The largest absolute Gasteiger partial charge is 0.382 e. The lowest BCUT2D eigenvalue weighted by Gasteiger charge is -2.29. The third-order valence-electron chi connectivity index (χ3n) is 3.11. The summed E-state index contributed by atoms with van der Waals surface area (Å²) in [6.45, 7) is 1.94. The standard InChI is InChI=1S/C15H17FO/c1-2-9-15(17)10-8-13(11-14(15)16)12-6-4-3-5-7-12/h3-8,10-11,14,17H,2,9H2,1H3. The van der Waals surface area contributed by atoms with Gasteiger partial charge in [-0.2, -0.15) is 0 Å². The average Bonchev–Trinajstić information content (AvgIpc) is 2.34. The minimum Gasteiger partial charge on any atom is -0.382 e. The Morgan fingerprint density at radius 3 is 2.59 bits per heavy atom. The number of aliphatic hydroxyl groups is 1. The maximum atomic E-state index is 14.0. The van der Waals surface area contributed by atoms with E-state index in [1.807, 2.05) is 37.3 Å². The van der Waals surface area contributed by atoms with Crippen LogP contribution in [0.3, 0.4) is 0 Å². The molecule has 0 radical (unpaired) electrons. The van der Waals surface area contributed by atoms with Gasteiger partial charge < -0.3 is 5.11 Å². The lowest BCUT2D eigenvalue weighted by Crippen LogP contribution is -2.37. The van der Waals surface area contributed by atoms with Crippen LogP contribution >= 0.6 is 0 Å². The van der Waals surface area contributed by atoms with Crippen LogP contribution in [0.1, 0.15) is 25.3 Å². The first kappa shape index (κ1) is 12.1. The van der Waals surface area contributed by atoms with Crippen molar-refractivity contribution in [2.24, 2.45) is 0 Å². The highest BCUT2D eigenvalue weighted by atomic mass is 19.1. The molecule has 2 unspecified atom stereocenters. The van der Waals surface area contributed by atoms with E-state index in [2.05, 4.69) is 0 Å². The minimum atomic E-state index is -1.33. The average molecular weight is 232 g/mol. The highest BCUT2D eigenvalue weighted by molar-refractivity contribution is 5.76. The summed E-state index contributed by atoms with van der Waals surface area (Å²) < 4.78 is 14.0. The van der Waals surface area contributed by atoms with Crippen molar-refractivity contribution in [1.82, 2.24) is 0 Å². The fraction of sp³-hybridized carbons (Fsp3) is 0.333. The van der Waals surface area contributed by atoms with E-state index in [1.165, 1.54) is 6.08 Å². The van der Waals surface area contributed by atoms with Gasteiger partial charge in [0, 0.05) is 0 Å². The number of benzene rings is 1. The SMILES string of the molecule is CCCC1(O)C=CC(c2ccccc2)=CC1F. The highest BCUT2D eigenvalue weighted by Crippen LogP contribution is 2.31. The van der Waals surface area contributed by atoms with E-state index < -0.39 is 11.8 Å². The molecule has 0 amide bonds. The Balaban J connectivity index is 2.24. The maximum Gasteiger partial charge on any atom is 0.151 e. The molecular formula is C15H17FO. The van der Waals surface area contributed by atoms with Crippen LogP contribution in [-0.2, 0) is 0 Å². The van der Waals surface area contributed by atoms with Crippen molar-refractivity contribution in [3.8, 4) is 0 Å². The topological polar surface area (TPSA) is 20.2 Å². The zero-order valence-electron chi connectivity index (χ0n) is 9.94. The molecule has 1 aromatic carbocycles. The molecule has 0 saturated heterocycles. The summed E-state index contributed by atoms with van der Waals surface area (Å²) in [5.74, 6) is 0. The number of allylic oxidation sites excluding steroid dienone is 2. The lowest BCUT2D eigenvalue weighted by molar-refractivity contribution is 0.0193. The Morgan fingerprint density at radius 1 is 1.29 bits per heavy atom. The number of hydrogen-bond acceptors (Lipinski definition) is 1. The van der Waals surface area contributed by atoms with E-state index in [4.69, 9.17) is 0 Å². The van der Waals surface area contributed by atoms with Crippen LogP contribution in [0.5, 0.6) is 0 Å². The molecular weight excluding hydrogens is 215 g/mol. The summed E-state index contributed by atoms with van der Waals surface area (Å²) >= 11 is 0. The molecule has 1 aliphatic rings. The van der Waals surface area contributed by atoms with Crippen molar-refractivity contribution < 1.29 is 9.50 Å². The van der Waals surface area contributed by atoms with Gasteiger partial charge >= 0.3 is 0 Å². The van der Waals surface area contributed by atoms with E-state index in [-0.39, 0.29) is 0 Å². The Morgan fingerprint density at radius 2 is 2.00 bits per heavy atom. The smallest absolute Gasteiger partial charge is 0.151 e. The molecule has 0 saturated carbocycles. The van der Waals surface area contributed by atoms with Crippen molar-refractivity contribution in [2.45, 2.75) is 31.5 Å². The van der Waals surface area contributed by atoms with Gasteiger partial charge in [-0.25, -0.2) is 4.39 Å². The summed E-state index contributed by atoms with van der Waals surface area (Å²) in [6, 6.07) is 9.64. The van der Waals surface area contributed by atoms with Gasteiger partial charge in [-0.1, -0.05) is 49.8 Å². The molecule has 0 spiro atoms. The van der Waals surface area contributed by atoms with Crippen LogP contribution in [0.15, 0.2) is 48.6 Å². The van der Waals surface area contributed by atoms with Gasteiger partial charge in [0.1, 0.15) is 5.60 Å². The first-order valence-electron chi connectivity index (χ1n) is 5.98. The first-order chi connectivity index (χ1) is 8.15. The molecule has 17 heavy (non-hydrogen) atoms. The van der Waals surface area contributed by atoms with Crippen LogP contribution in [0.4, 0.5) is 4.39 Å². The quantitative estimate of drug-likeness (QED) is 0.845. The molecule has 1 aliphatic carbocycles. The number of rotatable bonds is 3. The second-order valence-corrected chi connectivity index (χ2v) is 4.46. The van der Waals surface area contributed by atoms with Crippen molar-refractivity contribution in [3.63, 3.8) is 0 Å². The molecule has 0 bridgehead atoms. The van der Waals surface area contributed by atoms with Gasteiger partial charge in [-0.3, -0.25) is 0 Å². The minimum absolute atomic E-state index is 0.448. The van der Waals surface area contributed by atoms with Gasteiger partial charge in [-0.15, -0.1) is 0 Å². The lowest BCUT2D eigenvalue weighted by atomic mass is 9.85. The third-order valence-corrected chi connectivity index (χ3v) is 3.11. The Hall–Kier alpha value is -1.41. The van der Waals surface area contributed by atoms with E-state index >= 15 is 0 Å². The van der Waals surface area contributed by atoms with Gasteiger partial charge in [-0.05, 0) is 29.7 Å². The molecule has 2 heteroatoms. The van der Waals surface area contributed by atoms with Crippen molar-refractivity contribution in [2.75, 3.05) is 0 Å². The zero-order valence-corrected chi connectivity index (χ0v) is 9.94. The molecule has 1 aromatic rings. The summed E-state index contributed by atoms with van der Waals surface area (Å²) in [5.41, 5.74) is 0.483. The zero-order chi connectivity index (χ0) is 12.3. The van der Waals surface area contributed by atoms with Crippen molar-refractivity contribution >= 4 is 5.57 Å². The van der Waals surface area contributed by atoms with Crippen LogP contribution in [0.2, 0.25) is 0 Å². The molecule has 1 nitrogen and oxygen atoms in total. The third kappa shape index (κ3) is 2.47. The molecule has 1 N–H and O–H groups in total. The summed E-state index contributed by atoms with van der Waals surface area (Å²) in [5, 5.41) is 10.1. The van der Waals surface area contributed by atoms with Gasteiger partial charge in [0.25, 0.3) is 0 Å². The van der Waals surface area contributed by atoms with Crippen molar-refractivity contribution in [3.05, 3.63) is 54.1 Å². The fourth-order valence-corrected chi connectivity index (χ4v) is 2.13. The van der Waals surface area contributed by atoms with Crippen LogP contribution in [0.25, 0.3) is 5.57 Å². The van der Waals surface area contributed by atoms with E-state index in [0.29, 0.717) is 6.42 Å². The predicted molar refractivity (Wildman–Crippen MR) is 68.3 cm³/mol. The predicted octanol–water partition coefficient (Wildman–Crippen LogP) is 3.51. The normalized spacial score (nSPS) is 27.9. The second-order valence-electron chi connectivity index (χ2n) is 4.46. The molecule has 0 aliphatic heterocycles. The molecule has 90 valence electrons. The maximum absolute atomic E-state index is 14.0. The number of hydrogen-bond donors (Lipinski definition) is 1. The molecule has 2 rings (SSSR count). The van der Waals surface area contributed by atoms with E-state index in [1.54, 1.807) is 12.2 Å². The van der Waals surface area contributed by atoms with Crippen molar-refractivity contribution in [1.29, 1.82) is 0 Å². The van der Waals surface area contributed by atoms with Crippen LogP contribution in [-0.4, -0.2) is 16.9 Å². The Bertz CT molecular complexity index is 435. The monoisotopic (exact) mass is 232 g/mol. The highest BCUT2D eigenvalue weighted by Gasteiger charge is 2.34. The summed E-state index contributed by atoms with van der Waals surface area (Å²) in [4.78, 5) is 0. The van der Waals surface area contributed by atoms with Crippen LogP contribution in [0, 0.1) is 0 Å². The number of halogens is 1.